The van der Waals surface area contributed by atoms with Gasteiger partial charge in [-0.05, 0) is 118 Å². The minimum Gasteiger partial charge on any atom is -0.483 e. The number of aliphatic hydroxyl groups excluding tert-OH is 1. The number of nitrogens with one attached hydrogen (secondary N) is 2. The SMILES string of the molecule is CCCNC[C@]1(O)[C@H](C)O[C@@H](OC2C(C)C(=O)OC(CC)C(C)(O)C(O)C(C)NCC(C)CC(C)(O)C(O[C@@H]3O[C@H](C)C[C@H](N(C)Cc4ccccc4)[C@H]3Oc3ccccc3)C2C)C[C@@]1(C)OC. The highest BCUT2D eigenvalue weighted by Gasteiger charge is 2.58. The molecule has 68 heavy (non-hydrogen) atoms. The van der Waals surface area contributed by atoms with Crippen molar-refractivity contribution in [1.82, 2.24) is 15.5 Å². The summed E-state index contributed by atoms with van der Waals surface area (Å²) in [4.78, 5) is 17.0. The number of nitrogens with zero attached hydrogens (tertiary/aromatic N) is 1. The molecule has 386 valence electrons. The van der Waals surface area contributed by atoms with Crippen LogP contribution in [0.2, 0.25) is 0 Å². The molecule has 3 saturated heterocycles. The zero-order valence-corrected chi connectivity index (χ0v) is 43.2. The minimum atomic E-state index is -1.83. The van der Waals surface area contributed by atoms with E-state index in [0.29, 0.717) is 31.8 Å². The van der Waals surface area contributed by atoms with Crippen LogP contribution in [0.15, 0.2) is 60.7 Å². The average molecular weight is 958 g/mol. The van der Waals surface area contributed by atoms with Crippen LogP contribution in [0.3, 0.4) is 0 Å². The normalized spacial score (nSPS) is 41.4. The van der Waals surface area contributed by atoms with Gasteiger partial charge >= 0.3 is 5.97 Å². The lowest BCUT2D eigenvalue weighted by atomic mass is 9.75. The number of likely N-dealkylation sites (N-methyl/N-ethyl adjacent to an activating group) is 1. The molecular weight excluding hydrogens is 871 g/mol. The number of aliphatic hydroxyl groups is 4. The first kappa shape index (κ1) is 56.1. The van der Waals surface area contributed by atoms with Gasteiger partial charge in [0.2, 0.25) is 0 Å². The fourth-order valence-corrected chi connectivity index (χ4v) is 10.9. The number of para-hydroxylation sites is 1. The van der Waals surface area contributed by atoms with E-state index in [0.717, 1.165) is 12.0 Å². The summed E-state index contributed by atoms with van der Waals surface area (Å²) in [6.45, 7) is 22.0. The molecule has 3 fully saturated rings. The molecule has 2 aromatic carbocycles. The highest BCUT2D eigenvalue weighted by molar-refractivity contribution is 5.73. The second kappa shape index (κ2) is 24.1. The average Bonchev–Trinajstić information content (AvgIpc) is 3.30. The number of benzene rings is 2. The first-order chi connectivity index (χ1) is 32.0. The van der Waals surface area contributed by atoms with Crippen molar-refractivity contribution in [3.63, 3.8) is 0 Å². The van der Waals surface area contributed by atoms with Gasteiger partial charge < -0.3 is 64.2 Å². The second-order valence-electron chi connectivity index (χ2n) is 21.0. The van der Waals surface area contributed by atoms with Crippen LogP contribution in [-0.2, 0) is 39.8 Å². The molecule has 0 aromatic heterocycles. The fraction of sp³-hybridized carbons (Fsp3) is 0.755. The van der Waals surface area contributed by atoms with Crippen molar-refractivity contribution < 1.29 is 58.4 Å². The maximum absolute atomic E-state index is 14.7. The highest BCUT2D eigenvalue weighted by atomic mass is 16.7. The molecule has 0 bridgehead atoms. The van der Waals surface area contributed by atoms with E-state index in [9.17, 15) is 25.2 Å². The van der Waals surface area contributed by atoms with Crippen LogP contribution < -0.4 is 15.4 Å². The van der Waals surface area contributed by atoms with E-state index in [1.807, 2.05) is 76.2 Å². The molecule has 0 spiro atoms. The lowest BCUT2D eigenvalue weighted by Gasteiger charge is -2.53. The van der Waals surface area contributed by atoms with E-state index in [1.165, 1.54) is 6.92 Å². The summed E-state index contributed by atoms with van der Waals surface area (Å²) >= 11 is 0. The third-order valence-electron chi connectivity index (χ3n) is 15.2. The fourth-order valence-electron chi connectivity index (χ4n) is 10.9. The van der Waals surface area contributed by atoms with Gasteiger partial charge in [-0.1, -0.05) is 76.2 Å². The Hall–Kier alpha value is -2.77. The van der Waals surface area contributed by atoms with Gasteiger partial charge in [-0.3, -0.25) is 9.69 Å². The van der Waals surface area contributed by atoms with Crippen molar-refractivity contribution in [3.8, 4) is 5.75 Å². The third kappa shape index (κ3) is 13.2. The standard InChI is InChI=1S/C53H87N3O12/c1-14-26-54-32-53(61)38(8)64-43(29-51(53,10)62-13)67-44-35(5)47(50(9,59)28-33(3)30-55-37(7)46(57)52(11,60)42(15-2)66-48(58)36(44)6)68-49-45(65-40-24-20-17-21-25-40)41(27-34(4)63-49)56(12)31-39-22-18-16-19-23-39/h16-25,33-38,41-47,49,54-55,57,59-61H,14-15,26-32H2,1-13H3/t33?,34-,35?,36?,37?,38+,41+,42?,43+,44?,45-,46?,47?,49+,50?,51-,52?,53+/m1/s1. The van der Waals surface area contributed by atoms with E-state index in [4.69, 9.17) is 33.2 Å². The van der Waals surface area contributed by atoms with E-state index < -0.39 is 95.5 Å². The van der Waals surface area contributed by atoms with Crippen LogP contribution in [0.1, 0.15) is 114 Å². The zero-order chi connectivity index (χ0) is 50.2. The molecule has 15 heteroatoms. The van der Waals surface area contributed by atoms with Gasteiger partial charge in [0.05, 0.1) is 42.0 Å². The van der Waals surface area contributed by atoms with Crippen LogP contribution in [-0.4, -0.2) is 155 Å². The van der Waals surface area contributed by atoms with Crippen LogP contribution >= 0.6 is 0 Å². The molecule has 3 aliphatic heterocycles. The number of hydrogen-bond donors (Lipinski definition) is 6. The molecular formula is C53H87N3O12. The number of cyclic esters (lactones) is 1. The van der Waals surface area contributed by atoms with E-state index in [-0.39, 0.29) is 43.9 Å². The number of hydrogen-bond acceptors (Lipinski definition) is 15. The summed E-state index contributed by atoms with van der Waals surface area (Å²) in [5.74, 6) is -2.05. The Morgan fingerprint density at radius 1 is 0.882 bits per heavy atom. The lowest BCUT2D eigenvalue weighted by Crippen LogP contribution is -2.70. The maximum Gasteiger partial charge on any atom is 0.311 e. The molecule has 0 saturated carbocycles. The molecule has 10 unspecified atom stereocenters. The molecule has 0 radical (unpaired) electrons. The first-order valence-electron chi connectivity index (χ1n) is 25.1. The number of rotatable bonds is 15. The molecule has 0 aliphatic carbocycles. The summed E-state index contributed by atoms with van der Waals surface area (Å²) in [5, 5.41) is 55.4. The minimum absolute atomic E-state index is 0.0931. The molecule has 2 aromatic rings. The molecule has 5 rings (SSSR count). The Morgan fingerprint density at radius 3 is 2.15 bits per heavy atom. The molecule has 18 atom stereocenters. The Labute approximate surface area is 406 Å². The largest absolute Gasteiger partial charge is 0.483 e. The van der Waals surface area contributed by atoms with Crippen molar-refractivity contribution in [3.05, 3.63) is 66.2 Å². The van der Waals surface area contributed by atoms with Gasteiger partial charge in [-0.15, -0.1) is 0 Å². The van der Waals surface area contributed by atoms with Crippen molar-refractivity contribution in [2.24, 2.45) is 17.8 Å². The lowest BCUT2D eigenvalue weighted by molar-refractivity contribution is -0.336. The third-order valence-corrected chi connectivity index (χ3v) is 15.2. The molecule has 3 heterocycles. The molecule has 0 amide bonds. The number of ether oxygens (including phenoxy) is 7. The predicted octanol–water partition coefficient (Wildman–Crippen LogP) is 5.59. The smallest absolute Gasteiger partial charge is 0.311 e. The van der Waals surface area contributed by atoms with Crippen molar-refractivity contribution in [1.29, 1.82) is 0 Å². The molecule has 6 N–H and O–H groups in total. The Kier molecular flexibility index (Phi) is 19.9. The maximum atomic E-state index is 14.7. The summed E-state index contributed by atoms with van der Waals surface area (Å²) in [5.41, 5.74) is -4.88. The van der Waals surface area contributed by atoms with Crippen LogP contribution in [0.4, 0.5) is 0 Å². The zero-order valence-electron chi connectivity index (χ0n) is 43.2. The topological polar surface area (TPSA) is 190 Å². The second-order valence-corrected chi connectivity index (χ2v) is 21.0. The summed E-state index contributed by atoms with van der Waals surface area (Å²) in [6, 6.07) is 19.0. The van der Waals surface area contributed by atoms with E-state index >= 15 is 0 Å². The van der Waals surface area contributed by atoms with Gasteiger partial charge in [-0.2, -0.15) is 0 Å². The highest BCUT2D eigenvalue weighted by Crippen LogP contribution is 2.43. The van der Waals surface area contributed by atoms with Crippen LogP contribution in [0.25, 0.3) is 0 Å². The predicted molar refractivity (Wildman–Crippen MR) is 261 cm³/mol. The Morgan fingerprint density at radius 2 is 1.53 bits per heavy atom. The van der Waals surface area contributed by atoms with Gasteiger partial charge in [-0.25, -0.2) is 0 Å². The number of esters is 1. The van der Waals surface area contributed by atoms with Gasteiger partial charge in [0.1, 0.15) is 34.8 Å². The van der Waals surface area contributed by atoms with Crippen molar-refractivity contribution in [2.75, 3.05) is 33.8 Å². The van der Waals surface area contributed by atoms with Gasteiger partial charge in [0.25, 0.3) is 0 Å². The molecule has 15 nitrogen and oxygen atoms in total. The summed E-state index contributed by atoms with van der Waals surface area (Å²) in [6.07, 6.45) is -6.22. The van der Waals surface area contributed by atoms with E-state index in [2.05, 4.69) is 41.6 Å². The number of methoxy groups -OCH3 is 1. The monoisotopic (exact) mass is 958 g/mol. The summed E-state index contributed by atoms with van der Waals surface area (Å²) in [7, 11) is 3.63. The molecule has 3 aliphatic rings. The van der Waals surface area contributed by atoms with Gasteiger partial charge in [0, 0.05) is 38.6 Å². The van der Waals surface area contributed by atoms with Crippen molar-refractivity contribution >= 4 is 5.97 Å². The number of carbonyl (C=O) groups is 1. The van der Waals surface area contributed by atoms with Gasteiger partial charge in [0.15, 0.2) is 18.7 Å². The quantitative estimate of drug-likeness (QED) is 0.0958. The Bertz CT molecular complexity index is 1830. The summed E-state index contributed by atoms with van der Waals surface area (Å²) < 4.78 is 46.8. The first-order valence-corrected chi connectivity index (χ1v) is 25.1. The Balaban J connectivity index is 1.62. The van der Waals surface area contributed by atoms with Crippen molar-refractivity contribution in [2.45, 2.75) is 205 Å². The van der Waals surface area contributed by atoms with E-state index in [1.54, 1.807) is 41.7 Å². The van der Waals surface area contributed by atoms with Crippen LogP contribution in [0, 0.1) is 17.8 Å². The van der Waals surface area contributed by atoms with Crippen LogP contribution in [0.5, 0.6) is 5.75 Å². The number of carbonyl (C=O) groups excluding carboxylic acids is 1.